The molecule has 3 aliphatic rings. The van der Waals surface area contributed by atoms with Crippen LogP contribution in [0.2, 0.25) is 0 Å². The van der Waals surface area contributed by atoms with Crippen LogP contribution in [0.25, 0.3) is 0 Å². The lowest BCUT2D eigenvalue weighted by Gasteiger charge is -2.29. The zero-order valence-corrected chi connectivity index (χ0v) is 21.5. The number of hydrogen-bond donors (Lipinski definition) is 2. The Kier molecular flexibility index (Phi) is 8.04. The molecule has 1 aliphatic carbocycles. The largest absolute Gasteiger partial charge is 0.368 e. The van der Waals surface area contributed by atoms with Crippen molar-refractivity contribution in [3.05, 3.63) is 59.7 Å². The van der Waals surface area contributed by atoms with E-state index in [0.717, 1.165) is 57.4 Å². The smallest absolute Gasteiger partial charge is 0.254 e. The highest BCUT2D eigenvalue weighted by Crippen LogP contribution is 2.32. The van der Waals surface area contributed by atoms with E-state index in [0.29, 0.717) is 49.5 Å². The number of piperazine rings is 1. The van der Waals surface area contributed by atoms with Gasteiger partial charge in [0.15, 0.2) is 0 Å². The zero-order valence-electron chi connectivity index (χ0n) is 21.5. The Morgan fingerprint density at radius 1 is 0.730 bits per heavy atom. The van der Waals surface area contributed by atoms with Crippen LogP contribution in [0.3, 0.4) is 0 Å². The van der Waals surface area contributed by atoms with Gasteiger partial charge in [-0.3, -0.25) is 14.4 Å². The molecule has 3 amide bonds. The molecule has 37 heavy (non-hydrogen) atoms. The molecule has 1 saturated carbocycles. The molecule has 3 fully saturated rings. The van der Waals surface area contributed by atoms with E-state index in [4.69, 9.17) is 0 Å². The van der Waals surface area contributed by atoms with E-state index in [9.17, 15) is 14.4 Å². The third-order valence-corrected chi connectivity index (χ3v) is 7.78. The number of nitrogens with one attached hydrogen (secondary N) is 2. The lowest BCUT2D eigenvalue weighted by molar-refractivity contribution is -0.119. The van der Waals surface area contributed by atoms with Gasteiger partial charge in [0, 0.05) is 69.4 Å². The Labute approximate surface area is 219 Å². The molecule has 0 spiro atoms. The van der Waals surface area contributed by atoms with Crippen molar-refractivity contribution in [2.75, 3.05) is 62.6 Å². The third kappa shape index (κ3) is 5.96. The SMILES string of the molecule is O=C(Nc1cc(C(=O)N2CCNCC2)ccc1N1CCCN(C(=O)c2ccccc2)CC1)C1CCCC1. The molecule has 0 aromatic heterocycles. The van der Waals surface area contributed by atoms with Crippen LogP contribution in [0.1, 0.15) is 52.8 Å². The van der Waals surface area contributed by atoms with Gasteiger partial charge in [0.2, 0.25) is 5.91 Å². The maximum absolute atomic E-state index is 13.2. The zero-order chi connectivity index (χ0) is 25.6. The molecule has 2 saturated heterocycles. The highest BCUT2D eigenvalue weighted by molar-refractivity contribution is 6.00. The van der Waals surface area contributed by atoms with Crippen molar-refractivity contribution < 1.29 is 14.4 Å². The molecule has 0 unspecified atom stereocenters. The van der Waals surface area contributed by atoms with Crippen molar-refractivity contribution in [2.45, 2.75) is 32.1 Å². The first kappa shape index (κ1) is 25.3. The number of hydrogen-bond acceptors (Lipinski definition) is 5. The molecule has 2 aromatic rings. The maximum Gasteiger partial charge on any atom is 0.254 e. The third-order valence-electron chi connectivity index (χ3n) is 7.78. The highest BCUT2D eigenvalue weighted by Gasteiger charge is 2.27. The number of rotatable bonds is 5. The van der Waals surface area contributed by atoms with Crippen molar-refractivity contribution in [1.82, 2.24) is 15.1 Å². The van der Waals surface area contributed by atoms with E-state index in [1.807, 2.05) is 58.3 Å². The van der Waals surface area contributed by atoms with Crippen LogP contribution in [0, 0.1) is 5.92 Å². The summed E-state index contributed by atoms with van der Waals surface area (Å²) in [4.78, 5) is 45.4. The molecule has 0 atom stereocenters. The minimum atomic E-state index is -0.0000790. The van der Waals surface area contributed by atoms with Crippen LogP contribution < -0.4 is 15.5 Å². The molecule has 196 valence electrons. The van der Waals surface area contributed by atoms with Gasteiger partial charge in [-0.25, -0.2) is 0 Å². The molecule has 0 bridgehead atoms. The van der Waals surface area contributed by atoms with E-state index in [2.05, 4.69) is 15.5 Å². The van der Waals surface area contributed by atoms with Gasteiger partial charge in [0.05, 0.1) is 11.4 Å². The van der Waals surface area contributed by atoms with E-state index in [1.165, 1.54) is 0 Å². The quantitative estimate of drug-likeness (QED) is 0.655. The van der Waals surface area contributed by atoms with Gasteiger partial charge in [-0.05, 0) is 49.6 Å². The van der Waals surface area contributed by atoms with Crippen LogP contribution in [0.4, 0.5) is 11.4 Å². The average Bonchev–Trinajstić information content (AvgIpc) is 3.39. The molecule has 8 heteroatoms. The molecule has 2 aliphatic heterocycles. The van der Waals surface area contributed by atoms with Crippen molar-refractivity contribution >= 4 is 29.1 Å². The minimum Gasteiger partial charge on any atom is -0.368 e. The Morgan fingerprint density at radius 2 is 1.43 bits per heavy atom. The molecular weight excluding hydrogens is 466 g/mol. The standard InChI is InChI=1S/C29H37N5O3/c35-27(22-7-4-5-8-22)31-25-21-24(29(37)34-17-13-30-14-18-34)11-12-26(25)32-15-6-16-33(20-19-32)28(36)23-9-2-1-3-10-23/h1-3,9-12,21-22,30H,4-8,13-20H2,(H,31,35). The lowest BCUT2D eigenvalue weighted by atomic mass is 10.1. The topological polar surface area (TPSA) is 85.0 Å². The van der Waals surface area contributed by atoms with Gasteiger partial charge in [0.1, 0.15) is 0 Å². The fourth-order valence-corrected chi connectivity index (χ4v) is 5.64. The Morgan fingerprint density at radius 3 is 2.19 bits per heavy atom. The van der Waals surface area contributed by atoms with Crippen molar-refractivity contribution in [1.29, 1.82) is 0 Å². The van der Waals surface area contributed by atoms with Gasteiger partial charge >= 0.3 is 0 Å². The summed E-state index contributed by atoms with van der Waals surface area (Å²) in [6.07, 6.45) is 4.84. The van der Waals surface area contributed by atoms with Gasteiger partial charge in [-0.15, -0.1) is 0 Å². The maximum atomic E-state index is 13.2. The van der Waals surface area contributed by atoms with Crippen molar-refractivity contribution in [3.8, 4) is 0 Å². The fourth-order valence-electron chi connectivity index (χ4n) is 5.64. The first-order valence-electron chi connectivity index (χ1n) is 13.6. The van der Waals surface area contributed by atoms with Crippen LogP contribution >= 0.6 is 0 Å². The summed E-state index contributed by atoms with van der Waals surface area (Å²) in [5.74, 6) is 0.124. The van der Waals surface area contributed by atoms with Gasteiger partial charge < -0.3 is 25.3 Å². The molecule has 8 nitrogen and oxygen atoms in total. The number of nitrogens with zero attached hydrogens (tertiary/aromatic N) is 3. The van der Waals surface area contributed by atoms with Crippen LogP contribution in [-0.2, 0) is 4.79 Å². The Balaban J connectivity index is 1.36. The first-order chi connectivity index (χ1) is 18.1. The summed E-state index contributed by atoms with van der Waals surface area (Å²) in [6, 6.07) is 15.1. The summed E-state index contributed by atoms with van der Waals surface area (Å²) in [5.41, 5.74) is 2.91. The van der Waals surface area contributed by atoms with Gasteiger partial charge in [0.25, 0.3) is 11.8 Å². The van der Waals surface area contributed by atoms with Crippen molar-refractivity contribution in [2.24, 2.45) is 5.92 Å². The summed E-state index contributed by atoms with van der Waals surface area (Å²) < 4.78 is 0. The summed E-state index contributed by atoms with van der Waals surface area (Å²) in [5, 5.41) is 6.47. The van der Waals surface area contributed by atoms with E-state index >= 15 is 0 Å². The molecule has 2 aromatic carbocycles. The minimum absolute atomic E-state index is 0.0000790. The first-order valence-corrected chi connectivity index (χ1v) is 13.6. The number of anilines is 2. The molecule has 2 N–H and O–H groups in total. The van der Waals surface area contributed by atoms with E-state index in [-0.39, 0.29) is 23.6 Å². The van der Waals surface area contributed by atoms with Crippen LogP contribution in [-0.4, -0.2) is 79.9 Å². The fraction of sp³-hybridized carbons (Fsp3) is 0.483. The molecule has 0 radical (unpaired) electrons. The number of carbonyl (C=O) groups is 3. The number of carbonyl (C=O) groups excluding carboxylic acids is 3. The van der Waals surface area contributed by atoms with Crippen LogP contribution in [0.15, 0.2) is 48.5 Å². The predicted octanol–water partition coefficient (Wildman–Crippen LogP) is 3.21. The highest BCUT2D eigenvalue weighted by atomic mass is 16.2. The van der Waals surface area contributed by atoms with E-state index < -0.39 is 0 Å². The van der Waals surface area contributed by atoms with Gasteiger partial charge in [-0.1, -0.05) is 31.0 Å². The second-order valence-corrected chi connectivity index (χ2v) is 10.2. The molecule has 2 heterocycles. The number of amides is 3. The average molecular weight is 504 g/mol. The Hall–Kier alpha value is -3.39. The molecular formula is C29H37N5O3. The monoisotopic (exact) mass is 503 g/mol. The van der Waals surface area contributed by atoms with Gasteiger partial charge in [-0.2, -0.15) is 0 Å². The second kappa shape index (κ2) is 11.8. The molecule has 5 rings (SSSR count). The summed E-state index contributed by atoms with van der Waals surface area (Å²) in [6.45, 7) is 5.68. The summed E-state index contributed by atoms with van der Waals surface area (Å²) >= 11 is 0. The van der Waals surface area contributed by atoms with Crippen LogP contribution in [0.5, 0.6) is 0 Å². The lowest BCUT2D eigenvalue weighted by Crippen LogP contribution is -2.46. The number of benzene rings is 2. The Bertz CT molecular complexity index is 1110. The summed E-state index contributed by atoms with van der Waals surface area (Å²) in [7, 11) is 0. The van der Waals surface area contributed by atoms with E-state index in [1.54, 1.807) is 0 Å². The normalized spacial score (nSPS) is 19.0. The van der Waals surface area contributed by atoms with Crippen molar-refractivity contribution in [3.63, 3.8) is 0 Å². The second-order valence-electron chi connectivity index (χ2n) is 10.2. The predicted molar refractivity (Wildman–Crippen MR) is 145 cm³/mol.